The molecule has 0 spiro atoms. The molecule has 2 aromatic carbocycles. The first kappa shape index (κ1) is 25.0. The molecule has 0 unspecified atom stereocenters. The highest BCUT2D eigenvalue weighted by molar-refractivity contribution is 5.81. The van der Waals surface area contributed by atoms with Crippen molar-refractivity contribution in [2.75, 3.05) is 19.8 Å². The molecule has 2 aliphatic rings. The van der Waals surface area contributed by atoms with Crippen LogP contribution in [0.25, 0.3) is 11.1 Å². The summed E-state index contributed by atoms with van der Waals surface area (Å²) in [7, 11) is 0. The molecule has 1 aliphatic carbocycles. The fourth-order valence-electron chi connectivity index (χ4n) is 4.35. The summed E-state index contributed by atoms with van der Waals surface area (Å²) in [6.07, 6.45) is -8.67. The summed E-state index contributed by atoms with van der Waals surface area (Å²) in [5.74, 6) is -1.63. The summed E-state index contributed by atoms with van der Waals surface area (Å²) in [6.45, 7) is -1.31. The molecule has 0 radical (unpaired) electrons. The fraction of sp³-hybridized carbons (Fsp3) is 0.417. The van der Waals surface area contributed by atoms with Gasteiger partial charge in [0.1, 0.15) is 31.0 Å². The molecule has 1 heterocycles. The second-order valence-electron chi connectivity index (χ2n) is 8.39. The molecule has 1 saturated heterocycles. The largest absolute Gasteiger partial charge is 0.480 e. The predicted molar refractivity (Wildman–Crippen MR) is 119 cm³/mol. The summed E-state index contributed by atoms with van der Waals surface area (Å²) < 4.78 is 15.8. The highest BCUT2D eigenvalue weighted by Gasteiger charge is 2.44. The number of benzene rings is 2. The van der Waals surface area contributed by atoms with Crippen LogP contribution in [-0.4, -0.2) is 94.2 Å². The molecule has 1 aliphatic heterocycles. The molecule has 6 atom stereocenters. The molecule has 0 bridgehead atoms. The molecule has 0 saturated carbocycles. The number of fused-ring (bicyclic) bond motifs is 3. The Kier molecular flexibility index (Phi) is 7.65. The van der Waals surface area contributed by atoms with Crippen LogP contribution in [0.2, 0.25) is 0 Å². The predicted octanol–water partition coefficient (Wildman–Crippen LogP) is -0.205. The summed E-state index contributed by atoms with van der Waals surface area (Å²) in [5, 5.41) is 50.6. The number of carbonyl (C=O) groups excluding carboxylic acids is 1. The molecule has 1 fully saturated rings. The van der Waals surface area contributed by atoms with Gasteiger partial charge in [0, 0.05) is 5.92 Å². The second-order valence-corrected chi connectivity index (χ2v) is 8.39. The quantitative estimate of drug-likeness (QED) is 0.291. The number of alkyl carbamates (subject to hydrolysis) is 1. The Hall–Kier alpha value is -3.06. The SMILES string of the molecule is O=C(N[C@@H](CO[C@H]1O[C@H](CO)[C@@H](O)[C@H](O)[C@H]1O)C(=O)O)OCC1c2ccccc2-c2ccccc21. The lowest BCUT2D eigenvalue weighted by atomic mass is 9.98. The number of aliphatic carboxylic acids is 1. The van der Waals surface area contributed by atoms with Crippen molar-refractivity contribution in [2.45, 2.75) is 42.7 Å². The number of aliphatic hydroxyl groups is 4. The number of carbonyl (C=O) groups is 2. The van der Waals surface area contributed by atoms with Crippen LogP contribution in [-0.2, 0) is 19.0 Å². The monoisotopic (exact) mass is 489 g/mol. The number of carboxylic acids is 1. The van der Waals surface area contributed by atoms with Crippen LogP contribution in [0.1, 0.15) is 17.0 Å². The van der Waals surface area contributed by atoms with Crippen LogP contribution < -0.4 is 5.32 Å². The van der Waals surface area contributed by atoms with Crippen molar-refractivity contribution in [1.82, 2.24) is 5.32 Å². The molecular weight excluding hydrogens is 462 g/mol. The minimum atomic E-state index is -1.70. The van der Waals surface area contributed by atoms with Crippen molar-refractivity contribution >= 4 is 12.1 Å². The Labute approximate surface area is 200 Å². The summed E-state index contributed by atoms with van der Waals surface area (Å²) in [6, 6.07) is 14.0. The van der Waals surface area contributed by atoms with E-state index in [1.807, 2.05) is 48.5 Å². The zero-order chi connectivity index (χ0) is 25.1. The van der Waals surface area contributed by atoms with Crippen LogP contribution in [0.15, 0.2) is 48.5 Å². The third kappa shape index (κ3) is 5.15. The van der Waals surface area contributed by atoms with Gasteiger partial charge in [-0.3, -0.25) is 0 Å². The number of aliphatic hydroxyl groups excluding tert-OH is 4. The van der Waals surface area contributed by atoms with Gasteiger partial charge in [0.15, 0.2) is 12.3 Å². The van der Waals surface area contributed by atoms with Crippen molar-refractivity contribution in [3.05, 3.63) is 59.7 Å². The Balaban J connectivity index is 1.35. The van der Waals surface area contributed by atoms with Crippen molar-refractivity contribution in [3.8, 4) is 11.1 Å². The normalized spacial score (nSPS) is 26.5. The van der Waals surface area contributed by atoms with Crippen LogP contribution in [0.3, 0.4) is 0 Å². The number of nitrogens with one attached hydrogen (secondary N) is 1. The smallest absolute Gasteiger partial charge is 0.407 e. The van der Waals surface area contributed by atoms with Crippen molar-refractivity contribution in [2.24, 2.45) is 0 Å². The molecule has 188 valence electrons. The van der Waals surface area contributed by atoms with E-state index in [1.54, 1.807) is 0 Å². The minimum absolute atomic E-state index is 0.0141. The molecule has 11 heteroatoms. The summed E-state index contributed by atoms with van der Waals surface area (Å²) >= 11 is 0. The molecule has 2 aromatic rings. The molecule has 11 nitrogen and oxygen atoms in total. The zero-order valence-electron chi connectivity index (χ0n) is 18.6. The number of hydrogen-bond acceptors (Lipinski definition) is 9. The van der Waals surface area contributed by atoms with E-state index in [9.17, 15) is 35.1 Å². The van der Waals surface area contributed by atoms with E-state index >= 15 is 0 Å². The van der Waals surface area contributed by atoms with Gasteiger partial charge in [-0.15, -0.1) is 0 Å². The average molecular weight is 489 g/mol. The van der Waals surface area contributed by atoms with Gasteiger partial charge >= 0.3 is 12.1 Å². The van der Waals surface area contributed by atoms with E-state index in [1.165, 1.54) is 0 Å². The van der Waals surface area contributed by atoms with E-state index in [-0.39, 0.29) is 12.5 Å². The van der Waals surface area contributed by atoms with E-state index in [0.717, 1.165) is 22.3 Å². The lowest BCUT2D eigenvalue weighted by Gasteiger charge is -2.39. The maximum Gasteiger partial charge on any atom is 0.407 e. The molecule has 4 rings (SSSR count). The molecule has 6 N–H and O–H groups in total. The highest BCUT2D eigenvalue weighted by Crippen LogP contribution is 2.44. The third-order valence-electron chi connectivity index (χ3n) is 6.21. The second kappa shape index (κ2) is 10.7. The van der Waals surface area contributed by atoms with Gasteiger partial charge in [-0.05, 0) is 22.3 Å². The van der Waals surface area contributed by atoms with Gasteiger partial charge in [0.2, 0.25) is 0 Å². The number of rotatable bonds is 8. The first-order valence-corrected chi connectivity index (χ1v) is 11.1. The lowest BCUT2D eigenvalue weighted by molar-refractivity contribution is -0.301. The van der Waals surface area contributed by atoms with Crippen molar-refractivity contribution in [1.29, 1.82) is 0 Å². The Morgan fingerprint density at radius 1 is 0.943 bits per heavy atom. The molecule has 0 aromatic heterocycles. The third-order valence-corrected chi connectivity index (χ3v) is 6.21. The van der Waals surface area contributed by atoms with E-state index in [0.29, 0.717) is 0 Å². The van der Waals surface area contributed by atoms with E-state index in [2.05, 4.69) is 5.32 Å². The fourth-order valence-corrected chi connectivity index (χ4v) is 4.35. The maximum absolute atomic E-state index is 12.4. The minimum Gasteiger partial charge on any atom is -0.480 e. The van der Waals surface area contributed by atoms with Crippen molar-refractivity contribution in [3.63, 3.8) is 0 Å². The first-order chi connectivity index (χ1) is 16.8. The average Bonchev–Trinajstić information content (AvgIpc) is 3.18. The number of amides is 1. The number of ether oxygens (including phenoxy) is 3. The Morgan fingerprint density at radius 2 is 1.54 bits per heavy atom. The number of hydrogen-bond donors (Lipinski definition) is 6. The zero-order valence-corrected chi connectivity index (χ0v) is 18.6. The first-order valence-electron chi connectivity index (χ1n) is 11.1. The van der Waals surface area contributed by atoms with Crippen LogP contribution in [0.4, 0.5) is 4.79 Å². The summed E-state index contributed by atoms with van der Waals surface area (Å²) in [5.41, 5.74) is 4.10. The lowest BCUT2D eigenvalue weighted by Crippen LogP contribution is -2.59. The molecule has 35 heavy (non-hydrogen) atoms. The van der Waals surface area contributed by atoms with Gasteiger partial charge in [0.25, 0.3) is 0 Å². The highest BCUT2D eigenvalue weighted by atomic mass is 16.7. The van der Waals surface area contributed by atoms with E-state index < -0.39 is 62.0 Å². The number of carboxylic acid groups (broad SMARTS) is 1. The van der Waals surface area contributed by atoms with Gasteiger partial charge in [-0.1, -0.05) is 48.5 Å². The Morgan fingerprint density at radius 3 is 2.11 bits per heavy atom. The molecule has 1 amide bonds. The summed E-state index contributed by atoms with van der Waals surface area (Å²) in [4.78, 5) is 24.0. The van der Waals surface area contributed by atoms with Crippen LogP contribution >= 0.6 is 0 Å². The van der Waals surface area contributed by atoms with Crippen LogP contribution in [0, 0.1) is 0 Å². The maximum atomic E-state index is 12.4. The van der Waals surface area contributed by atoms with Crippen LogP contribution in [0.5, 0.6) is 0 Å². The standard InChI is InChI=1S/C24H27NO10/c26-9-18-19(27)20(28)21(29)23(35-18)33-11-17(22(30)31)25-24(32)34-10-16-14-7-3-1-5-12(14)13-6-2-4-8-15(13)16/h1-8,16-21,23,26-29H,9-11H2,(H,25,32)(H,30,31)/t17-,18+,19+,20-,21+,23-/m0/s1. The topological polar surface area (TPSA) is 175 Å². The van der Waals surface area contributed by atoms with Gasteiger partial charge < -0.3 is 45.1 Å². The molecular formula is C24H27NO10. The van der Waals surface area contributed by atoms with Gasteiger partial charge in [-0.25, -0.2) is 9.59 Å². The van der Waals surface area contributed by atoms with E-state index in [4.69, 9.17) is 14.2 Å². The van der Waals surface area contributed by atoms with Gasteiger partial charge in [-0.2, -0.15) is 0 Å². The Bertz CT molecular complexity index is 1010. The van der Waals surface area contributed by atoms with Gasteiger partial charge in [0.05, 0.1) is 13.2 Å². The van der Waals surface area contributed by atoms with Crippen molar-refractivity contribution < 1.29 is 49.3 Å².